The van der Waals surface area contributed by atoms with Crippen molar-refractivity contribution in [2.75, 3.05) is 27.3 Å². The molecule has 0 amide bonds. The van der Waals surface area contributed by atoms with Crippen molar-refractivity contribution < 1.29 is 13.5 Å². The molecule has 0 saturated heterocycles. The number of hydrogen-bond acceptors (Lipinski definition) is 3. The summed E-state index contributed by atoms with van der Waals surface area (Å²) in [5, 5.41) is 0. The first kappa shape index (κ1) is 15.0. The zero-order valence-corrected chi connectivity index (χ0v) is 11.0. The van der Waals surface area contributed by atoms with E-state index in [1.165, 1.54) is 12.1 Å². The minimum absolute atomic E-state index is 0.0907. The molecule has 0 radical (unpaired) electrons. The smallest absolute Gasteiger partial charge is 0.130 e. The molecule has 1 aromatic carbocycles. The van der Waals surface area contributed by atoms with Crippen LogP contribution in [-0.2, 0) is 4.74 Å². The second-order valence-electron chi connectivity index (χ2n) is 4.39. The summed E-state index contributed by atoms with van der Waals surface area (Å²) in [6.45, 7) is 2.75. The molecular weight excluding hydrogens is 238 g/mol. The third kappa shape index (κ3) is 3.48. The van der Waals surface area contributed by atoms with E-state index in [9.17, 15) is 8.78 Å². The van der Waals surface area contributed by atoms with Crippen LogP contribution >= 0.6 is 0 Å². The number of benzene rings is 1. The highest BCUT2D eigenvalue weighted by atomic mass is 19.1. The zero-order valence-electron chi connectivity index (χ0n) is 11.0. The van der Waals surface area contributed by atoms with Crippen LogP contribution in [0, 0.1) is 11.6 Å². The highest BCUT2D eigenvalue weighted by Crippen LogP contribution is 2.23. The SMILES string of the molecule is COCC(C)N(C)C(CN)c1ccc(F)cc1F. The topological polar surface area (TPSA) is 38.5 Å². The highest BCUT2D eigenvalue weighted by Gasteiger charge is 2.23. The number of rotatable bonds is 6. The number of likely N-dealkylation sites (N-methyl/N-ethyl adjacent to an activating group) is 1. The second-order valence-corrected chi connectivity index (χ2v) is 4.39. The molecule has 0 spiro atoms. The van der Waals surface area contributed by atoms with E-state index in [0.29, 0.717) is 12.2 Å². The molecule has 1 aromatic rings. The van der Waals surface area contributed by atoms with Crippen LogP contribution in [0.3, 0.4) is 0 Å². The van der Waals surface area contributed by atoms with Gasteiger partial charge in [0.2, 0.25) is 0 Å². The van der Waals surface area contributed by atoms with Crippen molar-refractivity contribution in [3.63, 3.8) is 0 Å². The van der Waals surface area contributed by atoms with Crippen LogP contribution in [0.2, 0.25) is 0 Å². The van der Waals surface area contributed by atoms with E-state index < -0.39 is 11.6 Å². The summed E-state index contributed by atoms with van der Waals surface area (Å²) >= 11 is 0. The van der Waals surface area contributed by atoms with E-state index in [1.807, 2.05) is 18.9 Å². The largest absolute Gasteiger partial charge is 0.383 e. The predicted octanol–water partition coefficient (Wildman–Crippen LogP) is 1.93. The van der Waals surface area contributed by atoms with Crippen molar-refractivity contribution in [2.45, 2.75) is 19.0 Å². The van der Waals surface area contributed by atoms with Gasteiger partial charge in [0.25, 0.3) is 0 Å². The van der Waals surface area contributed by atoms with Crippen LogP contribution in [-0.4, -0.2) is 38.3 Å². The Bertz CT molecular complexity index is 387. The van der Waals surface area contributed by atoms with Gasteiger partial charge >= 0.3 is 0 Å². The predicted molar refractivity (Wildman–Crippen MR) is 67.3 cm³/mol. The van der Waals surface area contributed by atoms with E-state index in [0.717, 1.165) is 6.07 Å². The number of halogens is 2. The lowest BCUT2D eigenvalue weighted by Gasteiger charge is -2.32. The lowest BCUT2D eigenvalue weighted by molar-refractivity contribution is 0.0899. The summed E-state index contributed by atoms with van der Waals surface area (Å²) in [7, 11) is 3.46. The van der Waals surface area contributed by atoms with E-state index >= 15 is 0 Å². The van der Waals surface area contributed by atoms with Gasteiger partial charge in [0.1, 0.15) is 11.6 Å². The summed E-state index contributed by atoms with van der Waals surface area (Å²) in [5.41, 5.74) is 6.11. The van der Waals surface area contributed by atoms with Gasteiger partial charge in [-0.2, -0.15) is 0 Å². The van der Waals surface area contributed by atoms with Gasteiger partial charge in [-0.3, -0.25) is 4.90 Å². The van der Waals surface area contributed by atoms with E-state index in [1.54, 1.807) is 7.11 Å². The molecule has 102 valence electrons. The molecule has 0 fully saturated rings. The Labute approximate surface area is 107 Å². The quantitative estimate of drug-likeness (QED) is 0.847. The minimum atomic E-state index is -0.584. The van der Waals surface area contributed by atoms with Crippen LogP contribution in [0.25, 0.3) is 0 Å². The number of nitrogens with zero attached hydrogens (tertiary/aromatic N) is 1. The first-order chi connectivity index (χ1) is 8.51. The molecular formula is C13H20F2N2O. The maximum atomic E-state index is 13.7. The lowest BCUT2D eigenvalue weighted by Crippen LogP contribution is -2.39. The average molecular weight is 258 g/mol. The maximum absolute atomic E-state index is 13.7. The first-order valence-corrected chi connectivity index (χ1v) is 5.87. The Morgan fingerprint density at radius 3 is 2.56 bits per heavy atom. The Kier molecular flexibility index (Phi) is 5.65. The van der Waals surface area contributed by atoms with Crippen molar-refractivity contribution in [2.24, 2.45) is 5.73 Å². The molecule has 18 heavy (non-hydrogen) atoms. The molecule has 0 aromatic heterocycles. The van der Waals surface area contributed by atoms with Crippen LogP contribution < -0.4 is 5.73 Å². The highest BCUT2D eigenvalue weighted by molar-refractivity contribution is 5.22. The van der Waals surface area contributed by atoms with Gasteiger partial charge in [0.05, 0.1) is 6.61 Å². The fourth-order valence-corrected chi connectivity index (χ4v) is 1.95. The number of ether oxygens (including phenoxy) is 1. The number of methoxy groups -OCH3 is 1. The summed E-state index contributed by atoms with van der Waals surface area (Å²) in [6.07, 6.45) is 0. The second kappa shape index (κ2) is 6.78. The zero-order chi connectivity index (χ0) is 13.7. The van der Waals surface area contributed by atoms with E-state index in [2.05, 4.69) is 0 Å². The summed E-state index contributed by atoms with van der Waals surface area (Å²) < 4.78 is 31.7. The van der Waals surface area contributed by atoms with E-state index in [4.69, 9.17) is 10.5 Å². The molecule has 0 aliphatic heterocycles. The molecule has 0 bridgehead atoms. The van der Waals surface area contributed by atoms with Gasteiger partial charge in [-0.15, -0.1) is 0 Å². The Morgan fingerprint density at radius 2 is 2.06 bits per heavy atom. The van der Waals surface area contributed by atoms with Gasteiger partial charge < -0.3 is 10.5 Å². The molecule has 5 heteroatoms. The molecule has 1 rings (SSSR count). The summed E-state index contributed by atoms with van der Waals surface area (Å²) in [5.74, 6) is -1.15. The summed E-state index contributed by atoms with van der Waals surface area (Å²) in [4.78, 5) is 1.93. The van der Waals surface area contributed by atoms with Crippen molar-refractivity contribution >= 4 is 0 Å². The van der Waals surface area contributed by atoms with Gasteiger partial charge in [0, 0.05) is 37.4 Å². The standard InChI is InChI=1S/C13H20F2N2O/c1-9(8-18-3)17(2)13(7-16)11-5-4-10(14)6-12(11)15/h4-6,9,13H,7-8,16H2,1-3H3. The van der Waals surface area contributed by atoms with Gasteiger partial charge in [-0.25, -0.2) is 8.78 Å². The normalized spacial score (nSPS) is 14.8. The molecule has 0 heterocycles. The van der Waals surface area contributed by atoms with Crippen LogP contribution in [0.1, 0.15) is 18.5 Å². The van der Waals surface area contributed by atoms with Crippen molar-refractivity contribution in [1.82, 2.24) is 4.90 Å². The van der Waals surface area contributed by atoms with Gasteiger partial charge in [-0.1, -0.05) is 6.07 Å². The fourth-order valence-electron chi connectivity index (χ4n) is 1.95. The Hall–Kier alpha value is -1.04. The van der Waals surface area contributed by atoms with Crippen molar-refractivity contribution in [1.29, 1.82) is 0 Å². The monoisotopic (exact) mass is 258 g/mol. The Morgan fingerprint density at radius 1 is 1.39 bits per heavy atom. The molecule has 0 saturated carbocycles. The minimum Gasteiger partial charge on any atom is -0.383 e. The maximum Gasteiger partial charge on any atom is 0.130 e. The third-order valence-corrected chi connectivity index (χ3v) is 3.14. The van der Waals surface area contributed by atoms with Crippen LogP contribution in [0.5, 0.6) is 0 Å². The first-order valence-electron chi connectivity index (χ1n) is 5.87. The molecule has 0 aliphatic carbocycles. The molecule has 3 nitrogen and oxygen atoms in total. The van der Waals surface area contributed by atoms with Crippen molar-refractivity contribution in [3.05, 3.63) is 35.4 Å². The number of nitrogens with two attached hydrogens (primary N) is 1. The fraction of sp³-hybridized carbons (Fsp3) is 0.538. The van der Waals surface area contributed by atoms with Gasteiger partial charge in [-0.05, 0) is 20.0 Å². The Balaban J connectivity index is 2.94. The molecule has 2 N–H and O–H groups in total. The molecule has 2 unspecified atom stereocenters. The lowest BCUT2D eigenvalue weighted by atomic mass is 10.0. The van der Waals surface area contributed by atoms with Crippen LogP contribution in [0.4, 0.5) is 8.78 Å². The molecule has 0 aliphatic rings. The molecule has 2 atom stereocenters. The van der Waals surface area contributed by atoms with Crippen LogP contribution in [0.15, 0.2) is 18.2 Å². The average Bonchev–Trinajstić information content (AvgIpc) is 2.32. The summed E-state index contributed by atoms with van der Waals surface area (Å²) in [6, 6.07) is 3.37. The third-order valence-electron chi connectivity index (χ3n) is 3.14. The van der Waals surface area contributed by atoms with Crippen molar-refractivity contribution in [3.8, 4) is 0 Å². The number of hydrogen-bond donors (Lipinski definition) is 1. The van der Waals surface area contributed by atoms with E-state index in [-0.39, 0.29) is 18.6 Å². The van der Waals surface area contributed by atoms with Gasteiger partial charge in [0.15, 0.2) is 0 Å².